The van der Waals surface area contributed by atoms with Gasteiger partial charge in [-0.15, -0.1) is 12.6 Å². The lowest BCUT2D eigenvalue weighted by Gasteiger charge is -2.26. The van der Waals surface area contributed by atoms with Crippen LogP contribution < -0.4 is 8.61 Å². The molecule has 2 aliphatic heterocycles. The number of carbonyl (C=O) groups excluding carboxylic acids is 2. The summed E-state index contributed by atoms with van der Waals surface area (Å²) in [6.07, 6.45) is 0. The summed E-state index contributed by atoms with van der Waals surface area (Å²) in [6.45, 7) is 0. The Morgan fingerprint density at radius 1 is 0.619 bits per heavy atom. The largest absolute Gasteiger partial charge is 0.478 e. The molecule has 0 radical (unpaired) electrons. The molecule has 210 valence electrons. The van der Waals surface area contributed by atoms with Gasteiger partial charge in [-0.1, -0.05) is 36.4 Å². The number of carboxylic acids is 1. The SMILES string of the molecule is O=C(O)c1cccc(S(=O)(=O)N2/C(=C3\C(=O)c4ccccc4N3S(=O)(=O)c3cccc(S)c3)C(=O)c3ccccc32)c1. The summed E-state index contributed by atoms with van der Waals surface area (Å²) in [6, 6.07) is 21.5. The molecule has 42 heavy (non-hydrogen) atoms. The number of hydrogen-bond donors (Lipinski definition) is 2. The maximum absolute atomic E-state index is 14.2. The summed E-state index contributed by atoms with van der Waals surface area (Å²) >= 11 is 4.23. The van der Waals surface area contributed by atoms with Crippen LogP contribution in [0.25, 0.3) is 0 Å². The minimum atomic E-state index is -4.77. The number of fused-ring (bicyclic) bond motifs is 2. The highest BCUT2D eigenvalue weighted by Crippen LogP contribution is 2.46. The Morgan fingerprint density at radius 2 is 1.07 bits per heavy atom. The van der Waals surface area contributed by atoms with Crippen LogP contribution in [0.1, 0.15) is 31.1 Å². The summed E-state index contributed by atoms with van der Waals surface area (Å²) in [7, 11) is -9.38. The van der Waals surface area contributed by atoms with Crippen LogP contribution in [0, 0.1) is 0 Å². The van der Waals surface area contributed by atoms with E-state index in [1.54, 1.807) is 6.07 Å². The van der Waals surface area contributed by atoms with E-state index in [-0.39, 0.29) is 33.0 Å². The molecule has 0 aliphatic carbocycles. The number of para-hydroxylation sites is 2. The quantitative estimate of drug-likeness (QED) is 0.248. The Balaban J connectivity index is 1.69. The summed E-state index contributed by atoms with van der Waals surface area (Å²) in [5.74, 6) is -3.16. The number of hydrogen-bond acceptors (Lipinski definition) is 8. The number of allylic oxidation sites excluding steroid dienone is 2. The van der Waals surface area contributed by atoms with Crippen molar-refractivity contribution in [2.24, 2.45) is 0 Å². The first-order valence-electron chi connectivity index (χ1n) is 12.2. The third-order valence-electron chi connectivity index (χ3n) is 6.77. The molecule has 4 aromatic rings. The van der Waals surface area contributed by atoms with Gasteiger partial charge >= 0.3 is 5.97 Å². The number of ketones is 2. The number of sulfonamides is 2. The van der Waals surface area contributed by atoms with E-state index in [2.05, 4.69) is 12.6 Å². The molecule has 0 saturated heterocycles. The van der Waals surface area contributed by atoms with Crippen molar-refractivity contribution in [1.82, 2.24) is 0 Å². The molecule has 4 aromatic carbocycles. The molecule has 2 aliphatic rings. The molecule has 0 unspecified atom stereocenters. The van der Waals surface area contributed by atoms with Gasteiger partial charge in [-0.25, -0.2) is 30.2 Å². The van der Waals surface area contributed by atoms with E-state index < -0.39 is 53.9 Å². The van der Waals surface area contributed by atoms with E-state index in [0.717, 1.165) is 12.1 Å². The molecule has 2 heterocycles. The molecule has 10 nitrogen and oxygen atoms in total. The lowest BCUT2D eigenvalue weighted by molar-refractivity contribution is 0.0696. The fourth-order valence-corrected chi connectivity index (χ4v) is 8.36. The van der Waals surface area contributed by atoms with Gasteiger partial charge in [0.15, 0.2) is 0 Å². The van der Waals surface area contributed by atoms with Gasteiger partial charge in [0.1, 0.15) is 11.4 Å². The Bertz CT molecular complexity index is 2120. The predicted octanol–water partition coefficient (Wildman–Crippen LogP) is 4.37. The van der Waals surface area contributed by atoms with Crippen LogP contribution in [-0.4, -0.2) is 39.5 Å². The molecular formula is C29H18N2O8S3. The second kappa shape index (κ2) is 9.69. The number of carbonyl (C=O) groups is 3. The second-order valence-corrected chi connectivity index (χ2v) is 13.3. The van der Waals surface area contributed by atoms with Crippen LogP contribution in [0.3, 0.4) is 0 Å². The van der Waals surface area contributed by atoms with Crippen molar-refractivity contribution < 1.29 is 36.3 Å². The highest BCUT2D eigenvalue weighted by atomic mass is 32.2. The zero-order valence-corrected chi connectivity index (χ0v) is 23.7. The number of Topliss-reactive ketones (excluding diaryl/α,β-unsaturated/α-hetero) is 2. The Morgan fingerprint density at radius 3 is 1.55 bits per heavy atom. The minimum Gasteiger partial charge on any atom is -0.478 e. The smallest absolute Gasteiger partial charge is 0.335 e. The standard InChI is InChI=1S/C29H18N2O8S3/c32-27-21-11-1-3-13-23(21)30(41(36,37)19-9-5-7-17(15-19)29(34)35)25(27)26-28(33)22-12-2-4-14-24(22)31(26)42(38,39)20-10-6-8-18(40)16-20/h1-16,40H,(H,34,35)/b26-25+. The third kappa shape index (κ3) is 4.04. The Kier molecular flexibility index (Phi) is 6.33. The van der Waals surface area contributed by atoms with E-state index in [1.807, 2.05) is 0 Å². The molecule has 1 N–H and O–H groups in total. The van der Waals surface area contributed by atoms with Crippen LogP contribution in [0.2, 0.25) is 0 Å². The summed E-state index contributed by atoms with van der Waals surface area (Å²) < 4.78 is 58.0. The number of carboxylic acid groups (broad SMARTS) is 1. The first-order valence-corrected chi connectivity index (χ1v) is 15.5. The number of rotatable bonds is 5. The molecule has 0 spiro atoms. The fraction of sp³-hybridized carbons (Fsp3) is 0. The average Bonchev–Trinajstić information content (AvgIpc) is 3.44. The van der Waals surface area contributed by atoms with Crippen LogP contribution in [-0.2, 0) is 20.0 Å². The van der Waals surface area contributed by atoms with Crippen LogP contribution in [0.5, 0.6) is 0 Å². The lowest BCUT2D eigenvalue weighted by Crippen LogP contribution is -2.36. The summed E-state index contributed by atoms with van der Waals surface area (Å²) in [5, 5.41) is 9.46. The van der Waals surface area contributed by atoms with Gasteiger partial charge in [-0.3, -0.25) is 9.59 Å². The van der Waals surface area contributed by atoms with Crippen molar-refractivity contribution in [2.75, 3.05) is 8.61 Å². The highest BCUT2D eigenvalue weighted by Gasteiger charge is 2.50. The van der Waals surface area contributed by atoms with Crippen LogP contribution >= 0.6 is 12.6 Å². The van der Waals surface area contributed by atoms with Crippen molar-refractivity contribution in [1.29, 1.82) is 0 Å². The number of anilines is 2. The molecule has 0 fully saturated rings. The molecule has 0 aromatic heterocycles. The molecular weight excluding hydrogens is 601 g/mol. The number of thiol groups is 1. The van der Waals surface area contributed by atoms with Crippen LogP contribution in [0.15, 0.2) is 123 Å². The maximum Gasteiger partial charge on any atom is 0.335 e. The van der Waals surface area contributed by atoms with Gasteiger partial charge < -0.3 is 5.11 Å². The summed E-state index contributed by atoms with van der Waals surface area (Å²) in [5.41, 5.74) is -2.04. The molecule has 13 heteroatoms. The first-order chi connectivity index (χ1) is 19.9. The topological polar surface area (TPSA) is 146 Å². The van der Waals surface area contributed by atoms with Crippen LogP contribution in [0.4, 0.5) is 11.4 Å². The Labute approximate surface area is 245 Å². The molecule has 0 saturated carbocycles. The predicted molar refractivity (Wildman–Crippen MR) is 155 cm³/mol. The van der Waals surface area contributed by atoms with Gasteiger partial charge in [0.25, 0.3) is 20.0 Å². The third-order valence-corrected chi connectivity index (χ3v) is 10.5. The van der Waals surface area contributed by atoms with Gasteiger partial charge in [0.2, 0.25) is 11.6 Å². The number of nitrogens with zero attached hydrogens (tertiary/aromatic N) is 2. The zero-order valence-electron chi connectivity index (χ0n) is 21.2. The van der Waals surface area contributed by atoms with E-state index in [0.29, 0.717) is 13.5 Å². The second-order valence-electron chi connectivity index (χ2n) is 9.26. The molecule has 0 amide bonds. The normalized spacial score (nSPS) is 16.5. The lowest BCUT2D eigenvalue weighted by atomic mass is 10.1. The van der Waals surface area contributed by atoms with E-state index in [4.69, 9.17) is 0 Å². The fourth-order valence-electron chi connectivity index (χ4n) is 4.92. The van der Waals surface area contributed by atoms with E-state index in [9.17, 15) is 36.3 Å². The average molecular weight is 619 g/mol. The maximum atomic E-state index is 14.2. The van der Waals surface area contributed by atoms with Gasteiger partial charge in [-0.05, 0) is 60.7 Å². The van der Waals surface area contributed by atoms with Gasteiger partial charge in [-0.2, -0.15) is 0 Å². The molecule has 0 bridgehead atoms. The van der Waals surface area contributed by atoms with E-state index >= 15 is 0 Å². The zero-order chi connectivity index (χ0) is 30.0. The van der Waals surface area contributed by atoms with Crippen molar-refractivity contribution in [3.8, 4) is 0 Å². The van der Waals surface area contributed by atoms with Crippen molar-refractivity contribution in [3.05, 3.63) is 125 Å². The number of aromatic carboxylic acids is 1. The monoisotopic (exact) mass is 618 g/mol. The minimum absolute atomic E-state index is 0.0559. The van der Waals surface area contributed by atoms with Crippen molar-refractivity contribution in [3.63, 3.8) is 0 Å². The molecule has 0 atom stereocenters. The van der Waals surface area contributed by atoms with E-state index in [1.165, 1.54) is 78.9 Å². The van der Waals surface area contributed by atoms with Crippen molar-refractivity contribution in [2.45, 2.75) is 14.7 Å². The number of benzene rings is 4. The highest BCUT2D eigenvalue weighted by molar-refractivity contribution is 7.93. The van der Waals surface area contributed by atoms with Gasteiger partial charge in [0, 0.05) is 16.0 Å². The van der Waals surface area contributed by atoms with Crippen molar-refractivity contribution >= 4 is 61.6 Å². The summed E-state index contributed by atoms with van der Waals surface area (Å²) in [4.78, 5) is 39.1. The van der Waals surface area contributed by atoms with Gasteiger partial charge in [0.05, 0.1) is 26.7 Å². The Hall–Kier alpha value is -4.72. The molecule has 6 rings (SSSR count). The first kappa shape index (κ1) is 27.4.